The Morgan fingerprint density at radius 1 is 1.50 bits per heavy atom. The molecule has 0 fully saturated rings. The van der Waals surface area contributed by atoms with Gasteiger partial charge in [-0.15, -0.1) is 24.8 Å². The van der Waals surface area contributed by atoms with Gasteiger partial charge in [0.05, 0.1) is 0 Å². The van der Waals surface area contributed by atoms with Crippen molar-refractivity contribution >= 4 is 30.8 Å². The van der Waals surface area contributed by atoms with Gasteiger partial charge in [-0.05, 0) is 0 Å². The molecule has 0 bridgehead atoms. The van der Waals surface area contributed by atoms with Crippen molar-refractivity contribution < 1.29 is 4.79 Å². The van der Waals surface area contributed by atoms with Gasteiger partial charge in [0.15, 0.2) is 0 Å². The van der Waals surface area contributed by atoms with E-state index in [1.54, 1.807) is 7.05 Å². The molecule has 2 amide bonds. The zero-order valence-electron chi connectivity index (χ0n) is 5.72. The monoisotopic (exact) mass is 189 g/mol. The van der Waals surface area contributed by atoms with Crippen LogP contribution in [0.5, 0.6) is 0 Å². The molecule has 4 N–H and O–H groups in total. The summed E-state index contributed by atoms with van der Waals surface area (Å²) in [6, 6.07) is -0.185. The summed E-state index contributed by atoms with van der Waals surface area (Å²) in [4.78, 5) is 10.3. The molecule has 10 heavy (non-hydrogen) atoms. The molecule has 0 saturated heterocycles. The first-order valence-electron chi connectivity index (χ1n) is 2.47. The number of nitrogens with two attached hydrogens (primary N) is 1. The van der Waals surface area contributed by atoms with Gasteiger partial charge in [-0.3, -0.25) is 0 Å². The van der Waals surface area contributed by atoms with Gasteiger partial charge in [-0.2, -0.15) is 0 Å². The first kappa shape index (κ1) is 16.4. The summed E-state index contributed by atoms with van der Waals surface area (Å²) in [6.45, 7) is 1.01. The Bertz CT molecular complexity index is 80.9. The maximum atomic E-state index is 10.3. The van der Waals surface area contributed by atoms with Gasteiger partial charge in [0.2, 0.25) is 0 Å². The number of hydrogen-bond donors (Lipinski definition) is 3. The molecule has 4 nitrogen and oxygen atoms in total. The zero-order valence-corrected chi connectivity index (χ0v) is 7.35. The van der Waals surface area contributed by atoms with Gasteiger partial charge in [-0.1, -0.05) is 0 Å². The SMILES string of the molecule is CNC(=O)NCCN.Cl.Cl. The first-order valence-corrected chi connectivity index (χ1v) is 2.47. The van der Waals surface area contributed by atoms with Gasteiger partial charge >= 0.3 is 6.03 Å². The minimum absolute atomic E-state index is 0. The highest BCUT2D eigenvalue weighted by Gasteiger charge is 1.89. The predicted molar refractivity (Wildman–Crippen MR) is 46.0 cm³/mol. The first-order chi connectivity index (χ1) is 3.81. The molecular formula is C4H13Cl2N3O. The van der Waals surface area contributed by atoms with Crippen molar-refractivity contribution in [3.8, 4) is 0 Å². The van der Waals surface area contributed by atoms with E-state index in [1.807, 2.05) is 0 Å². The van der Waals surface area contributed by atoms with E-state index in [0.29, 0.717) is 13.1 Å². The summed E-state index contributed by atoms with van der Waals surface area (Å²) in [5.74, 6) is 0. The van der Waals surface area contributed by atoms with Crippen molar-refractivity contribution in [1.29, 1.82) is 0 Å². The highest BCUT2D eigenvalue weighted by molar-refractivity contribution is 5.85. The standard InChI is InChI=1S/C4H11N3O.2ClH/c1-6-4(8)7-3-2-5;;/h2-3,5H2,1H3,(H2,6,7,8);2*1H. The van der Waals surface area contributed by atoms with Crippen LogP contribution in [-0.2, 0) is 0 Å². The van der Waals surface area contributed by atoms with Crippen molar-refractivity contribution in [3.63, 3.8) is 0 Å². The molecule has 0 heterocycles. The lowest BCUT2D eigenvalue weighted by atomic mass is 10.6. The molecular weight excluding hydrogens is 177 g/mol. The van der Waals surface area contributed by atoms with Gasteiger partial charge in [0, 0.05) is 20.1 Å². The summed E-state index contributed by atoms with van der Waals surface area (Å²) < 4.78 is 0. The molecule has 0 rings (SSSR count). The van der Waals surface area contributed by atoms with E-state index in [9.17, 15) is 4.79 Å². The van der Waals surface area contributed by atoms with Crippen molar-refractivity contribution in [2.75, 3.05) is 20.1 Å². The van der Waals surface area contributed by atoms with E-state index in [1.165, 1.54) is 0 Å². The van der Waals surface area contributed by atoms with Crippen LogP contribution < -0.4 is 16.4 Å². The van der Waals surface area contributed by atoms with E-state index in [-0.39, 0.29) is 30.8 Å². The number of carbonyl (C=O) groups excluding carboxylic acids is 1. The van der Waals surface area contributed by atoms with Crippen LogP contribution in [0, 0.1) is 0 Å². The molecule has 0 aliphatic rings. The topological polar surface area (TPSA) is 67.2 Å². The summed E-state index contributed by atoms with van der Waals surface area (Å²) in [6.07, 6.45) is 0. The van der Waals surface area contributed by atoms with Crippen molar-refractivity contribution in [3.05, 3.63) is 0 Å². The van der Waals surface area contributed by atoms with Crippen LogP contribution in [0.4, 0.5) is 4.79 Å². The van der Waals surface area contributed by atoms with Gasteiger partial charge in [0.25, 0.3) is 0 Å². The quantitative estimate of drug-likeness (QED) is 0.560. The highest BCUT2D eigenvalue weighted by atomic mass is 35.5. The lowest BCUT2D eigenvalue weighted by molar-refractivity contribution is 0.243. The molecule has 6 heteroatoms. The molecule has 64 valence electrons. The number of halogens is 2. The normalized spacial score (nSPS) is 6.60. The second kappa shape index (κ2) is 11.6. The van der Waals surface area contributed by atoms with Crippen LogP contribution in [0.25, 0.3) is 0 Å². The molecule has 0 spiro atoms. The minimum Gasteiger partial charge on any atom is -0.341 e. The fourth-order valence-corrected chi connectivity index (χ4v) is 0.274. The van der Waals surface area contributed by atoms with Crippen molar-refractivity contribution in [2.24, 2.45) is 5.73 Å². The Morgan fingerprint density at radius 2 is 2.00 bits per heavy atom. The smallest absolute Gasteiger partial charge is 0.314 e. The largest absolute Gasteiger partial charge is 0.341 e. The van der Waals surface area contributed by atoms with E-state index in [0.717, 1.165) is 0 Å². The molecule has 0 aromatic carbocycles. The molecule has 0 aliphatic carbocycles. The Labute approximate surface area is 72.7 Å². The Morgan fingerprint density at radius 3 is 2.30 bits per heavy atom. The Balaban J connectivity index is -0.000000245. The van der Waals surface area contributed by atoms with E-state index in [4.69, 9.17) is 5.73 Å². The third-order valence-electron chi connectivity index (χ3n) is 0.657. The molecule has 0 aromatic rings. The number of hydrogen-bond acceptors (Lipinski definition) is 2. The zero-order chi connectivity index (χ0) is 6.41. The molecule has 0 unspecified atom stereocenters. The molecule has 0 saturated carbocycles. The minimum atomic E-state index is -0.185. The lowest BCUT2D eigenvalue weighted by Crippen LogP contribution is -2.35. The second-order valence-electron chi connectivity index (χ2n) is 1.29. The number of rotatable bonds is 2. The van der Waals surface area contributed by atoms with Gasteiger partial charge in [-0.25, -0.2) is 4.79 Å². The van der Waals surface area contributed by atoms with Gasteiger partial charge in [0.1, 0.15) is 0 Å². The molecule has 0 radical (unpaired) electrons. The maximum absolute atomic E-state index is 10.3. The number of nitrogens with one attached hydrogen (secondary N) is 2. The third-order valence-corrected chi connectivity index (χ3v) is 0.657. The van der Waals surface area contributed by atoms with Crippen molar-refractivity contribution in [2.45, 2.75) is 0 Å². The summed E-state index contributed by atoms with van der Waals surface area (Å²) in [5, 5.41) is 4.90. The lowest BCUT2D eigenvalue weighted by Gasteiger charge is -1.98. The van der Waals surface area contributed by atoms with E-state index < -0.39 is 0 Å². The number of amides is 2. The third kappa shape index (κ3) is 10.7. The van der Waals surface area contributed by atoms with Crippen LogP contribution in [0.1, 0.15) is 0 Å². The molecule has 0 aromatic heterocycles. The van der Waals surface area contributed by atoms with Gasteiger partial charge < -0.3 is 16.4 Å². The summed E-state index contributed by atoms with van der Waals surface area (Å²) >= 11 is 0. The molecule has 0 aliphatic heterocycles. The highest BCUT2D eigenvalue weighted by Crippen LogP contribution is 1.56. The van der Waals surface area contributed by atoms with E-state index >= 15 is 0 Å². The fraction of sp³-hybridized carbons (Fsp3) is 0.750. The Hall–Kier alpha value is -0.190. The number of carbonyl (C=O) groups is 1. The van der Waals surface area contributed by atoms with E-state index in [2.05, 4.69) is 10.6 Å². The van der Waals surface area contributed by atoms with Crippen LogP contribution >= 0.6 is 24.8 Å². The van der Waals surface area contributed by atoms with Crippen LogP contribution in [-0.4, -0.2) is 26.2 Å². The predicted octanol–water partition coefficient (Wildman–Crippen LogP) is -0.282. The Kier molecular flexibility index (Phi) is 19.0. The fourth-order valence-electron chi connectivity index (χ4n) is 0.274. The second-order valence-corrected chi connectivity index (χ2v) is 1.29. The summed E-state index contributed by atoms with van der Waals surface area (Å²) in [5.41, 5.74) is 5.09. The van der Waals surface area contributed by atoms with Crippen molar-refractivity contribution in [1.82, 2.24) is 10.6 Å². The maximum Gasteiger partial charge on any atom is 0.314 e. The molecule has 0 atom stereocenters. The summed E-state index contributed by atoms with van der Waals surface area (Å²) in [7, 11) is 1.56. The number of urea groups is 1. The van der Waals surface area contributed by atoms with Crippen LogP contribution in [0.3, 0.4) is 0 Å². The average Bonchev–Trinajstić information content (AvgIpc) is 1.83. The average molecular weight is 190 g/mol. The van der Waals surface area contributed by atoms with Crippen LogP contribution in [0.2, 0.25) is 0 Å². The van der Waals surface area contributed by atoms with Crippen LogP contribution in [0.15, 0.2) is 0 Å².